The quantitative estimate of drug-likeness (QED) is 0.829. The predicted octanol–water partition coefficient (Wildman–Crippen LogP) is 3.88. The molecule has 1 aromatic heterocycles. The van der Waals surface area contributed by atoms with Gasteiger partial charge in [-0.15, -0.1) is 10.2 Å². The summed E-state index contributed by atoms with van der Waals surface area (Å²) in [6.07, 6.45) is 2.31. The smallest absolute Gasteiger partial charge is 0.233 e. The number of halogens is 1. The number of aromatic nitrogens is 2. The molecule has 6 heteroatoms. The molecule has 1 aliphatic heterocycles. The van der Waals surface area contributed by atoms with Crippen LogP contribution in [-0.4, -0.2) is 34.8 Å². The van der Waals surface area contributed by atoms with E-state index < -0.39 is 0 Å². The highest BCUT2D eigenvalue weighted by atomic mass is 35.5. The van der Waals surface area contributed by atoms with E-state index in [0.717, 1.165) is 31.7 Å². The molecule has 1 aromatic carbocycles. The fourth-order valence-corrected chi connectivity index (χ4v) is 3.18. The van der Waals surface area contributed by atoms with Gasteiger partial charge in [-0.2, -0.15) is 0 Å². The molecule has 23 heavy (non-hydrogen) atoms. The van der Waals surface area contributed by atoms with E-state index in [1.54, 1.807) is 0 Å². The Morgan fingerprint density at radius 1 is 1.39 bits per heavy atom. The van der Waals surface area contributed by atoms with Crippen molar-refractivity contribution < 1.29 is 9.15 Å². The van der Waals surface area contributed by atoms with Gasteiger partial charge in [0.25, 0.3) is 0 Å². The lowest BCUT2D eigenvalue weighted by Crippen LogP contribution is -2.39. The first-order chi connectivity index (χ1) is 11.1. The lowest BCUT2D eigenvalue weighted by molar-refractivity contribution is 0.0895. The SMILES string of the molecule is Cc1nnc([C@H](C)N2CCC[C@@H](COc3ccccc3Cl)C2)o1. The van der Waals surface area contributed by atoms with Crippen molar-refractivity contribution in [3.63, 3.8) is 0 Å². The molecule has 1 fully saturated rings. The minimum Gasteiger partial charge on any atom is -0.492 e. The number of ether oxygens (including phenoxy) is 1. The molecule has 2 atom stereocenters. The number of para-hydroxylation sites is 1. The summed E-state index contributed by atoms with van der Waals surface area (Å²) in [5, 5.41) is 8.73. The van der Waals surface area contributed by atoms with E-state index in [0.29, 0.717) is 29.3 Å². The van der Waals surface area contributed by atoms with Crippen molar-refractivity contribution >= 4 is 11.6 Å². The molecule has 0 N–H and O–H groups in total. The molecule has 0 aliphatic carbocycles. The van der Waals surface area contributed by atoms with Gasteiger partial charge >= 0.3 is 0 Å². The number of likely N-dealkylation sites (tertiary alicyclic amines) is 1. The summed E-state index contributed by atoms with van der Waals surface area (Å²) in [5.41, 5.74) is 0. The zero-order valence-electron chi connectivity index (χ0n) is 13.5. The molecule has 3 rings (SSSR count). The lowest BCUT2D eigenvalue weighted by Gasteiger charge is -2.35. The van der Waals surface area contributed by atoms with E-state index in [4.69, 9.17) is 20.8 Å². The van der Waals surface area contributed by atoms with Gasteiger partial charge in [0.15, 0.2) is 0 Å². The summed E-state index contributed by atoms with van der Waals surface area (Å²) < 4.78 is 11.5. The van der Waals surface area contributed by atoms with Crippen molar-refractivity contribution in [2.24, 2.45) is 5.92 Å². The van der Waals surface area contributed by atoms with Crippen LogP contribution in [-0.2, 0) is 0 Å². The molecule has 0 radical (unpaired) electrons. The molecule has 124 valence electrons. The highest BCUT2D eigenvalue weighted by Crippen LogP contribution is 2.28. The Balaban J connectivity index is 1.57. The molecule has 1 saturated heterocycles. The molecule has 0 spiro atoms. The minimum absolute atomic E-state index is 0.138. The maximum Gasteiger partial charge on any atom is 0.233 e. The first-order valence-electron chi connectivity index (χ1n) is 8.05. The number of rotatable bonds is 5. The van der Waals surface area contributed by atoms with E-state index in [2.05, 4.69) is 22.0 Å². The molecule has 0 amide bonds. The van der Waals surface area contributed by atoms with Crippen molar-refractivity contribution in [1.82, 2.24) is 15.1 Å². The molecule has 0 bridgehead atoms. The Bertz CT molecular complexity index is 646. The van der Waals surface area contributed by atoms with Crippen molar-refractivity contribution in [3.05, 3.63) is 41.1 Å². The van der Waals surface area contributed by atoms with Crippen LogP contribution in [0.25, 0.3) is 0 Å². The average Bonchev–Trinajstić information content (AvgIpc) is 3.00. The standard InChI is InChI=1S/C17H22ClN3O2/c1-12(17-20-19-13(2)23-17)21-9-5-6-14(10-21)11-22-16-8-4-3-7-15(16)18/h3-4,7-8,12,14H,5-6,9-11H2,1-2H3/t12-,14+/m0/s1. The summed E-state index contributed by atoms with van der Waals surface area (Å²) >= 11 is 6.14. The summed E-state index contributed by atoms with van der Waals surface area (Å²) in [5.74, 6) is 2.54. The van der Waals surface area contributed by atoms with Crippen molar-refractivity contribution in [2.75, 3.05) is 19.7 Å². The van der Waals surface area contributed by atoms with E-state index in [9.17, 15) is 0 Å². The molecular weight excluding hydrogens is 314 g/mol. The molecule has 2 aromatic rings. The van der Waals surface area contributed by atoms with Crippen LogP contribution in [0.1, 0.15) is 37.6 Å². The Morgan fingerprint density at radius 2 is 2.22 bits per heavy atom. The summed E-state index contributed by atoms with van der Waals surface area (Å²) in [7, 11) is 0. The van der Waals surface area contributed by atoms with Crippen molar-refractivity contribution in [1.29, 1.82) is 0 Å². The van der Waals surface area contributed by atoms with Gasteiger partial charge in [-0.1, -0.05) is 23.7 Å². The number of hydrogen-bond donors (Lipinski definition) is 0. The van der Waals surface area contributed by atoms with Crippen LogP contribution in [0.5, 0.6) is 5.75 Å². The predicted molar refractivity (Wildman–Crippen MR) is 88.7 cm³/mol. The third kappa shape index (κ3) is 4.03. The van der Waals surface area contributed by atoms with Crippen LogP contribution in [0, 0.1) is 12.8 Å². The van der Waals surface area contributed by atoms with Crippen LogP contribution in [0.15, 0.2) is 28.7 Å². The van der Waals surface area contributed by atoms with E-state index in [1.807, 2.05) is 31.2 Å². The number of piperidine rings is 1. The first kappa shape index (κ1) is 16.3. The van der Waals surface area contributed by atoms with E-state index >= 15 is 0 Å². The van der Waals surface area contributed by atoms with Crippen LogP contribution >= 0.6 is 11.6 Å². The van der Waals surface area contributed by atoms with Gasteiger partial charge in [-0.25, -0.2) is 0 Å². The van der Waals surface area contributed by atoms with Gasteiger partial charge in [-0.05, 0) is 38.4 Å². The second-order valence-corrected chi connectivity index (χ2v) is 6.49. The van der Waals surface area contributed by atoms with Gasteiger partial charge in [0.2, 0.25) is 11.8 Å². The fourth-order valence-electron chi connectivity index (χ4n) is 2.99. The normalized spacial score (nSPS) is 20.4. The largest absolute Gasteiger partial charge is 0.492 e. The Morgan fingerprint density at radius 3 is 2.96 bits per heavy atom. The van der Waals surface area contributed by atoms with Gasteiger partial charge in [0, 0.05) is 19.4 Å². The van der Waals surface area contributed by atoms with Crippen LogP contribution in [0.3, 0.4) is 0 Å². The van der Waals surface area contributed by atoms with Crippen molar-refractivity contribution in [3.8, 4) is 5.75 Å². The maximum atomic E-state index is 6.14. The summed E-state index contributed by atoms with van der Waals surface area (Å²) in [4.78, 5) is 2.39. The van der Waals surface area contributed by atoms with Crippen molar-refractivity contribution in [2.45, 2.75) is 32.7 Å². The Labute approximate surface area is 141 Å². The van der Waals surface area contributed by atoms with Gasteiger partial charge < -0.3 is 9.15 Å². The Kier molecular flexibility index (Phi) is 5.18. The number of nitrogens with zero attached hydrogens (tertiary/aromatic N) is 3. The van der Waals surface area contributed by atoms with Gasteiger partial charge in [0.05, 0.1) is 17.7 Å². The van der Waals surface area contributed by atoms with E-state index in [1.165, 1.54) is 0 Å². The fraction of sp³-hybridized carbons (Fsp3) is 0.529. The van der Waals surface area contributed by atoms with Crippen LogP contribution in [0.4, 0.5) is 0 Å². The topological polar surface area (TPSA) is 51.4 Å². The van der Waals surface area contributed by atoms with E-state index in [-0.39, 0.29) is 6.04 Å². The van der Waals surface area contributed by atoms with Crippen LogP contribution in [0.2, 0.25) is 5.02 Å². The van der Waals surface area contributed by atoms with Gasteiger partial charge in [0.1, 0.15) is 5.75 Å². The Hall–Kier alpha value is -1.59. The number of aryl methyl sites for hydroxylation is 1. The average molecular weight is 336 g/mol. The zero-order chi connectivity index (χ0) is 16.2. The molecular formula is C17H22ClN3O2. The maximum absolute atomic E-state index is 6.14. The molecule has 0 unspecified atom stereocenters. The second kappa shape index (κ2) is 7.32. The molecule has 5 nitrogen and oxygen atoms in total. The summed E-state index contributed by atoms with van der Waals surface area (Å²) in [6, 6.07) is 7.75. The number of benzene rings is 1. The highest BCUT2D eigenvalue weighted by molar-refractivity contribution is 6.32. The molecule has 0 saturated carbocycles. The third-order valence-electron chi connectivity index (χ3n) is 4.31. The second-order valence-electron chi connectivity index (χ2n) is 6.08. The number of hydrogen-bond acceptors (Lipinski definition) is 5. The minimum atomic E-state index is 0.138. The summed E-state index contributed by atoms with van der Waals surface area (Å²) in [6.45, 7) is 6.62. The van der Waals surface area contributed by atoms with Gasteiger partial charge in [-0.3, -0.25) is 4.90 Å². The molecule has 1 aliphatic rings. The highest BCUT2D eigenvalue weighted by Gasteiger charge is 2.27. The zero-order valence-corrected chi connectivity index (χ0v) is 14.3. The third-order valence-corrected chi connectivity index (χ3v) is 4.62. The lowest BCUT2D eigenvalue weighted by atomic mass is 9.97. The first-order valence-corrected chi connectivity index (χ1v) is 8.42. The molecule has 2 heterocycles. The van der Waals surface area contributed by atoms with Crippen LogP contribution < -0.4 is 4.74 Å². The monoisotopic (exact) mass is 335 g/mol.